The lowest BCUT2D eigenvalue weighted by Gasteiger charge is -2.12. The summed E-state index contributed by atoms with van der Waals surface area (Å²) < 4.78 is 11.0. The second-order valence-corrected chi connectivity index (χ2v) is 5.13. The topological polar surface area (TPSA) is 52.6 Å². The maximum Gasteiger partial charge on any atom is 0.343 e. The highest BCUT2D eigenvalue weighted by Crippen LogP contribution is 2.24. The molecule has 0 spiro atoms. The molecule has 4 heteroatoms. The van der Waals surface area contributed by atoms with E-state index in [4.69, 9.17) is 9.47 Å². The highest BCUT2D eigenvalue weighted by Gasteiger charge is 2.10. The van der Waals surface area contributed by atoms with Gasteiger partial charge in [-0.15, -0.1) is 0 Å². The highest BCUT2D eigenvalue weighted by atomic mass is 16.5. The van der Waals surface area contributed by atoms with Gasteiger partial charge in [0.2, 0.25) is 0 Å². The molecule has 118 valence electrons. The first-order chi connectivity index (χ1) is 11.7. The van der Waals surface area contributed by atoms with Gasteiger partial charge in [0.05, 0.1) is 5.56 Å². The molecule has 2 aromatic rings. The van der Waals surface area contributed by atoms with E-state index in [-0.39, 0.29) is 0 Å². The molecule has 0 bridgehead atoms. The van der Waals surface area contributed by atoms with Gasteiger partial charge in [0.1, 0.15) is 23.2 Å². The Labute approximate surface area is 139 Å². The third-order valence-corrected chi connectivity index (χ3v) is 3.37. The Hall–Kier alpha value is -3.36. The van der Waals surface area contributed by atoms with E-state index in [9.17, 15) is 9.59 Å². The SMILES string of the molecule is O=C=C1C=CC=C(Oc2ccc(OC(=O)c3ccccc3)cc2)C1. The number of hydrogen-bond donors (Lipinski definition) is 0. The Morgan fingerprint density at radius 3 is 2.38 bits per heavy atom. The maximum atomic E-state index is 12.0. The van der Waals surface area contributed by atoms with Crippen molar-refractivity contribution in [2.75, 3.05) is 0 Å². The number of benzene rings is 2. The van der Waals surface area contributed by atoms with Gasteiger partial charge in [0, 0.05) is 12.0 Å². The number of ether oxygens (including phenoxy) is 2. The molecule has 0 aromatic heterocycles. The van der Waals surface area contributed by atoms with Gasteiger partial charge in [-0.2, -0.15) is 0 Å². The quantitative estimate of drug-likeness (QED) is 0.487. The van der Waals surface area contributed by atoms with Crippen LogP contribution in [0.4, 0.5) is 0 Å². The molecule has 0 fully saturated rings. The fourth-order valence-electron chi connectivity index (χ4n) is 2.18. The minimum absolute atomic E-state index is 0.407. The zero-order chi connectivity index (χ0) is 16.8. The third kappa shape index (κ3) is 3.88. The highest BCUT2D eigenvalue weighted by molar-refractivity contribution is 5.90. The number of allylic oxidation sites excluding steroid dienone is 4. The average Bonchev–Trinajstić information content (AvgIpc) is 2.64. The molecular formula is C20H14O4. The van der Waals surface area contributed by atoms with Crippen LogP contribution >= 0.6 is 0 Å². The van der Waals surface area contributed by atoms with Crippen LogP contribution in [0.5, 0.6) is 11.5 Å². The summed E-state index contributed by atoms with van der Waals surface area (Å²) in [6, 6.07) is 15.5. The predicted octanol–water partition coefficient (Wildman–Crippen LogP) is 3.89. The molecule has 4 nitrogen and oxygen atoms in total. The predicted molar refractivity (Wildman–Crippen MR) is 89.5 cm³/mol. The third-order valence-electron chi connectivity index (χ3n) is 3.37. The molecule has 0 unspecified atom stereocenters. The zero-order valence-corrected chi connectivity index (χ0v) is 12.8. The molecule has 0 N–H and O–H groups in total. The van der Waals surface area contributed by atoms with E-state index in [2.05, 4.69) is 0 Å². The van der Waals surface area contributed by atoms with Crippen molar-refractivity contribution in [3.05, 3.63) is 89.7 Å². The van der Waals surface area contributed by atoms with E-state index in [1.165, 1.54) is 0 Å². The van der Waals surface area contributed by atoms with Crippen LogP contribution < -0.4 is 9.47 Å². The summed E-state index contributed by atoms with van der Waals surface area (Å²) in [7, 11) is 0. The van der Waals surface area contributed by atoms with Gasteiger partial charge in [-0.25, -0.2) is 9.59 Å². The fraction of sp³-hybridized carbons (Fsp3) is 0.0500. The fourth-order valence-corrected chi connectivity index (χ4v) is 2.18. The van der Waals surface area contributed by atoms with Gasteiger partial charge in [0.25, 0.3) is 0 Å². The van der Waals surface area contributed by atoms with E-state index >= 15 is 0 Å². The molecule has 2 aromatic carbocycles. The molecule has 0 heterocycles. The molecule has 24 heavy (non-hydrogen) atoms. The minimum Gasteiger partial charge on any atom is -0.461 e. The molecule has 1 aliphatic carbocycles. The molecule has 0 atom stereocenters. The van der Waals surface area contributed by atoms with E-state index in [1.54, 1.807) is 66.8 Å². The lowest BCUT2D eigenvalue weighted by molar-refractivity contribution is 0.0734. The smallest absolute Gasteiger partial charge is 0.343 e. The number of carbonyl (C=O) groups is 1. The lowest BCUT2D eigenvalue weighted by atomic mass is 10.1. The molecule has 0 amide bonds. The van der Waals surface area contributed by atoms with Gasteiger partial charge in [-0.3, -0.25) is 0 Å². The second kappa shape index (κ2) is 7.27. The van der Waals surface area contributed by atoms with Crippen LogP contribution in [-0.4, -0.2) is 11.9 Å². The number of rotatable bonds is 4. The normalized spacial score (nSPS) is 13.0. The van der Waals surface area contributed by atoms with Crippen molar-refractivity contribution in [1.29, 1.82) is 0 Å². The Morgan fingerprint density at radius 2 is 1.67 bits per heavy atom. The summed E-state index contributed by atoms with van der Waals surface area (Å²) in [5, 5.41) is 0. The van der Waals surface area contributed by atoms with Gasteiger partial charge in [0.15, 0.2) is 0 Å². The van der Waals surface area contributed by atoms with E-state index in [0.717, 1.165) is 0 Å². The molecule has 0 aliphatic heterocycles. The first-order valence-electron chi connectivity index (χ1n) is 7.41. The van der Waals surface area contributed by atoms with E-state index in [1.807, 2.05) is 12.0 Å². The van der Waals surface area contributed by atoms with Crippen LogP contribution in [0.2, 0.25) is 0 Å². The van der Waals surface area contributed by atoms with Crippen LogP contribution in [0.3, 0.4) is 0 Å². The molecule has 0 saturated heterocycles. The Morgan fingerprint density at radius 1 is 0.958 bits per heavy atom. The monoisotopic (exact) mass is 318 g/mol. The summed E-state index contributed by atoms with van der Waals surface area (Å²) >= 11 is 0. The van der Waals surface area contributed by atoms with Crippen molar-refractivity contribution in [1.82, 2.24) is 0 Å². The first-order valence-corrected chi connectivity index (χ1v) is 7.41. The van der Waals surface area contributed by atoms with Crippen LogP contribution in [0, 0.1) is 0 Å². The molecular weight excluding hydrogens is 304 g/mol. The van der Waals surface area contributed by atoms with Crippen molar-refractivity contribution in [2.24, 2.45) is 0 Å². The number of carbonyl (C=O) groups excluding carboxylic acids is 2. The standard InChI is InChI=1S/C20H14O4/c21-14-15-5-4-8-19(13-15)23-17-9-11-18(12-10-17)24-20(22)16-6-2-1-3-7-16/h1-12H,13H2. The first kappa shape index (κ1) is 15.5. The summed E-state index contributed by atoms with van der Waals surface area (Å²) in [6.45, 7) is 0. The van der Waals surface area contributed by atoms with Crippen molar-refractivity contribution in [2.45, 2.75) is 6.42 Å². The van der Waals surface area contributed by atoms with Gasteiger partial charge >= 0.3 is 5.97 Å². The van der Waals surface area contributed by atoms with Gasteiger partial charge < -0.3 is 9.47 Å². The van der Waals surface area contributed by atoms with Crippen LogP contribution in [-0.2, 0) is 4.79 Å². The van der Waals surface area contributed by atoms with Gasteiger partial charge in [-0.05, 0) is 48.6 Å². The van der Waals surface area contributed by atoms with Crippen molar-refractivity contribution in [3.63, 3.8) is 0 Å². The number of esters is 1. The van der Waals surface area contributed by atoms with Crippen LogP contribution in [0.25, 0.3) is 0 Å². The average molecular weight is 318 g/mol. The lowest BCUT2D eigenvalue weighted by Crippen LogP contribution is -2.08. The van der Waals surface area contributed by atoms with Crippen LogP contribution in [0.1, 0.15) is 16.8 Å². The largest absolute Gasteiger partial charge is 0.461 e. The second-order valence-electron chi connectivity index (χ2n) is 5.13. The Kier molecular flexibility index (Phi) is 4.70. The van der Waals surface area contributed by atoms with Crippen molar-refractivity contribution < 1.29 is 19.1 Å². The molecule has 3 rings (SSSR count). The summed E-state index contributed by atoms with van der Waals surface area (Å²) in [6.07, 6.45) is 5.65. The van der Waals surface area contributed by atoms with Gasteiger partial charge in [-0.1, -0.05) is 24.3 Å². The molecule has 1 aliphatic rings. The molecule has 0 saturated carbocycles. The van der Waals surface area contributed by atoms with Crippen molar-refractivity contribution >= 4 is 11.9 Å². The maximum absolute atomic E-state index is 12.0. The van der Waals surface area contributed by atoms with E-state index < -0.39 is 5.97 Å². The summed E-state index contributed by atoms with van der Waals surface area (Å²) in [5.74, 6) is 3.14. The molecule has 0 radical (unpaired) electrons. The zero-order valence-electron chi connectivity index (χ0n) is 12.8. The van der Waals surface area contributed by atoms with Crippen LogP contribution in [0.15, 0.2) is 84.2 Å². The Bertz CT molecular complexity index is 839. The Balaban J connectivity index is 1.64. The van der Waals surface area contributed by atoms with Crippen molar-refractivity contribution in [3.8, 4) is 11.5 Å². The summed E-state index contributed by atoms with van der Waals surface area (Å²) in [5.41, 5.74) is 1.03. The summed E-state index contributed by atoms with van der Waals surface area (Å²) in [4.78, 5) is 22.7. The number of hydrogen-bond acceptors (Lipinski definition) is 4. The van der Waals surface area contributed by atoms with E-state index in [0.29, 0.717) is 34.8 Å². The minimum atomic E-state index is -0.412.